The number of hydrogen-bond acceptors (Lipinski definition) is 3. The van der Waals surface area contributed by atoms with Crippen molar-refractivity contribution in [1.29, 1.82) is 0 Å². The Hall–Kier alpha value is -1.61. The van der Waals surface area contributed by atoms with Gasteiger partial charge < -0.3 is 11.1 Å². The Morgan fingerprint density at radius 3 is 2.63 bits per heavy atom. The summed E-state index contributed by atoms with van der Waals surface area (Å²) in [5.41, 5.74) is 6.24. The lowest BCUT2D eigenvalue weighted by molar-refractivity contribution is 0.407. The number of rotatable bonds is 6. The minimum Gasteiger partial charge on any atom is -0.368 e. The fourth-order valence-electron chi connectivity index (χ4n) is 2.54. The summed E-state index contributed by atoms with van der Waals surface area (Å²) >= 11 is 0. The molecule has 0 bridgehead atoms. The molecule has 2 aromatic rings. The molecule has 1 aromatic heterocycles. The van der Waals surface area contributed by atoms with Gasteiger partial charge in [-0.2, -0.15) is 0 Å². The maximum Gasteiger partial charge on any atom is 0.133 e. The molecule has 1 aromatic carbocycles. The van der Waals surface area contributed by atoms with Gasteiger partial charge in [0.15, 0.2) is 0 Å². The van der Waals surface area contributed by atoms with E-state index in [1.165, 1.54) is 5.39 Å². The Kier molecular flexibility index (Phi) is 4.74. The summed E-state index contributed by atoms with van der Waals surface area (Å²) in [6, 6.07) is 10.5. The molecule has 3 heteroatoms. The van der Waals surface area contributed by atoms with E-state index in [0.717, 1.165) is 30.6 Å². The lowest BCUT2D eigenvalue weighted by Gasteiger charge is -2.22. The quantitative estimate of drug-likeness (QED) is 0.833. The summed E-state index contributed by atoms with van der Waals surface area (Å²) in [5.74, 6) is 1.50. The summed E-state index contributed by atoms with van der Waals surface area (Å²) in [5, 5.41) is 5.76. The van der Waals surface area contributed by atoms with Gasteiger partial charge >= 0.3 is 0 Å². The number of fused-ring (bicyclic) bond motifs is 1. The molecule has 0 spiro atoms. The molecule has 1 unspecified atom stereocenters. The molecule has 0 aliphatic rings. The second-order valence-electron chi connectivity index (χ2n) is 5.00. The van der Waals surface area contributed by atoms with E-state index in [-0.39, 0.29) is 6.04 Å². The van der Waals surface area contributed by atoms with Crippen LogP contribution < -0.4 is 11.1 Å². The van der Waals surface area contributed by atoms with Gasteiger partial charge in [0.1, 0.15) is 5.82 Å². The van der Waals surface area contributed by atoms with Crippen molar-refractivity contribution in [1.82, 2.24) is 4.98 Å². The van der Waals surface area contributed by atoms with E-state index in [9.17, 15) is 0 Å². The zero-order chi connectivity index (χ0) is 13.7. The molecule has 102 valence electrons. The first-order valence-corrected chi connectivity index (χ1v) is 7.09. The van der Waals surface area contributed by atoms with Crippen molar-refractivity contribution >= 4 is 16.6 Å². The highest BCUT2D eigenvalue weighted by atomic mass is 15.0. The summed E-state index contributed by atoms with van der Waals surface area (Å²) in [6.07, 6.45) is 4.10. The van der Waals surface area contributed by atoms with Crippen LogP contribution in [0.2, 0.25) is 0 Å². The zero-order valence-electron chi connectivity index (χ0n) is 11.8. The summed E-state index contributed by atoms with van der Waals surface area (Å²) in [7, 11) is 0. The average molecular weight is 257 g/mol. The molecule has 1 atom stereocenters. The highest BCUT2D eigenvalue weighted by Crippen LogP contribution is 2.20. The van der Waals surface area contributed by atoms with Gasteiger partial charge in [-0.15, -0.1) is 0 Å². The molecule has 2 rings (SSSR count). The number of nitrogens with one attached hydrogen (secondary N) is 1. The van der Waals surface area contributed by atoms with Crippen LogP contribution in [0, 0.1) is 5.92 Å². The highest BCUT2D eigenvalue weighted by Gasteiger charge is 2.14. The third kappa shape index (κ3) is 3.24. The van der Waals surface area contributed by atoms with E-state index in [4.69, 9.17) is 5.73 Å². The van der Waals surface area contributed by atoms with Gasteiger partial charge in [0.05, 0.1) is 0 Å². The van der Waals surface area contributed by atoms with E-state index in [0.29, 0.717) is 5.92 Å². The van der Waals surface area contributed by atoms with Gasteiger partial charge in [0.25, 0.3) is 0 Å². The van der Waals surface area contributed by atoms with Crippen molar-refractivity contribution in [2.75, 3.05) is 11.9 Å². The molecule has 1 heterocycles. The first-order valence-electron chi connectivity index (χ1n) is 7.09. The molecule has 0 aliphatic carbocycles. The van der Waals surface area contributed by atoms with Crippen molar-refractivity contribution in [3.05, 3.63) is 36.5 Å². The standard InChI is InChI=1S/C16H23N3/c1-3-12(4-2)15(17)11-19-16-14-8-6-5-7-13(14)9-10-18-16/h5-10,12,15H,3-4,11,17H2,1-2H3,(H,18,19). The van der Waals surface area contributed by atoms with Crippen LogP contribution in [0.4, 0.5) is 5.82 Å². The zero-order valence-corrected chi connectivity index (χ0v) is 11.8. The van der Waals surface area contributed by atoms with Crippen LogP contribution in [0.25, 0.3) is 10.8 Å². The summed E-state index contributed by atoms with van der Waals surface area (Å²) < 4.78 is 0. The molecule has 0 amide bonds. The Bertz CT molecular complexity index is 515. The number of nitrogens with two attached hydrogens (primary N) is 1. The number of hydrogen-bond donors (Lipinski definition) is 2. The van der Waals surface area contributed by atoms with E-state index in [1.807, 2.05) is 24.4 Å². The Balaban J connectivity index is 2.09. The van der Waals surface area contributed by atoms with Crippen LogP contribution in [-0.2, 0) is 0 Å². The molecule has 0 fully saturated rings. The molecule has 0 aliphatic heterocycles. The van der Waals surface area contributed by atoms with Crippen LogP contribution in [0.3, 0.4) is 0 Å². The van der Waals surface area contributed by atoms with E-state index < -0.39 is 0 Å². The monoisotopic (exact) mass is 257 g/mol. The van der Waals surface area contributed by atoms with Crippen molar-refractivity contribution in [3.63, 3.8) is 0 Å². The molecule has 0 radical (unpaired) electrons. The molecule has 3 nitrogen and oxygen atoms in total. The van der Waals surface area contributed by atoms with Crippen LogP contribution in [0.5, 0.6) is 0 Å². The smallest absolute Gasteiger partial charge is 0.133 e. The summed E-state index contributed by atoms with van der Waals surface area (Å²) in [6.45, 7) is 5.17. The number of nitrogens with zero attached hydrogens (tertiary/aromatic N) is 1. The topological polar surface area (TPSA) is 50.9 Å². The third-order valence-electron chi connectivity index (χ3n) is 3.83. The third-order valence-corrected chi connectivity index (χ3v) is 3.83. The van der Waals surface area contributed by atoms with Crippen LogP contribution in [0.1, 0.15) is 26.7 Å². The average Bonchev–Trinajstić information content (AvgIpc) is 2.46. The van der Waals surface area contributed by atoms with Gasteiger partial charge in [-0.25, -0.2) is 4.98 Å². The van der Waals surface area contributed by atoms with Crippen molar-refractivity contribution < 1.29 is 0 Å². The van der Waals surface area contributed by atoms with E-state index >= 15 is 0 Å². The van der Waals surface area contributed by atoms with Gasteiger partial charge in [0, 0.05) is 24.2 Å². The summed E-state index contributed by atoms with van der Waals surface area (Å²) in [4.78, 5) is 4.42. The SMILES string of the molecule is CCC(CC)C(N)CNc1nccc2ccccc12. The maximum absolute atomic E-state index is 6.24. The Morgan fingerprint density at radius 2 is 1.89 bits per heavy atom. The predicted octanol–water partition coefficient (Wildman–Crippen LogP) is 3.41. The minimum atomic E-state index is 0.177. The fraction of sp³-hybridized carbons (Fsp3) is 0.438. The molecular formula is C16H23N3. The normalized spacial score (nSPS) is 12.8. The van der Waals surface area contributed by atoms with Crippen molar-refractivity contribution in [3.8, 4) is 0 Å². The molecule has 19 heavy (non-hydrogen) atoms. The minimum absolute atomic E-state index is 0.177. The van der Waals surface area contributed by atoms with E-state index in [1.54, 1.807) is 0 Å². The molecule has 3 N–H and O–H groups in total. The van der Waals surface area contributed by atoms with Crippen molar-refractivity contribution in [2.24, 2.45) is 11.7 Å². The Morgan fingerprint density at radius 1 is 1.16 bits per heavy atom. The molecule has 0 saturated carbocycles. The fourth-order valence-corrected chi connectivity index (χ4v) is 2.54. The second-order valence-corrected chi connectivity index (χ2v) is 5.00. The highest BCUT2D eigenvalue weighted by molar-refractivity contribution is 5.91. The largest absolute Gasteiger partial charge is 0.368 e. The lowest BCUT2D eigenvalue weighted by Crippen LogP contribution is -2.36. The van der Waals surface area contributed by atoms with Crippen LogP contribution in [0.15, 0.2) is 36.5 Å². The first-order chi connectivity index (χ1) is 9.26. The van der Waals surface area contributed by atoms with Gasteiger partial charge in [0.2, 0.25) is 0 Å². The predicted molar refractivity (Wildman–Crippen MR) is 82.3 cm³/mol. The number of aromatic nitrogens is 1. The first kappa shape index (κ1) is 13.8. The number of anilines is 1. The maximum atomic E-state index is 6.24. The number of pyridine rings is 1. The lowest BCUT2D eigenvalue weighted by atomic mass is 9.95. The number of benzene rings is 1. The molecular weight excluding hydrogens is 234 g/mol. The molecule has 0 saturated heterocycles. The van der Waals surface area contributed by atoms with Gasteiger partial charge in [-0.05, 0) is 17.4 Å². The van der Waals surface area contributed by atoms with Gasteiger partial charge in [-0.1, -0.05) is 51.0 Å². The second kappa shape index (κ2) is 6.53. The Labute approximate surface area is 115 Å². The van der Waals surface area contributed by atoms with Crippen molar-refractivity contribution in [2.45, 2.75) is 32.7 Å². The van der Waals surface area contributed by atoms with Crippen LogP contribution in [-0.4, -0.2) is 17.6 Å². The van der Waals surface area contributed by atoms with Crippen LogP contribution >= 0.6 is 0 Å². The van der Waals surface area contributed by atoms with E-state index in [2.05, 4.69) is 36.3 Å². The van der Waals surface area contributed by atoms with Gasteiger partial charge in [-0.3, -0.25) is 0 Å².